The Morgan fingerprint density at radius 2 is 2.00 bits per heavy atom. The Labute approximate surface area is 106 Å². The van der Waals surface area contributed by atoms with Crippen LogP contribution >= 0.6 is 0 Å². The lowest BCUT2D eigenvalue weighted by molar-refractivity contribution is 0.251. The topological polar surface area (TPSA) is 12.0 Å². The van der Waals surface area contributed by atoms with Gasteiger partial charge < -0.3 is 5.32 Å². The van der Waals surface area contributed by atoms with Crippen molar-refractivity contribution >= 4 is 0 Å². The first-order valence-electron chi connectivity index (χ1n) is 6.80. The Hall–Kier alpha value is -0.820. The maximum absolute atomic E-state index is 3.54. The van der Waals surface area contributed by atoms with Crippen LogP contribution < -0.4 is 5.32 Å². The lowest BCUT2D eigenvalue weighted by atomic mass is 9.69. The maximum Gasteiger partial charge on any atom is -0.00122 e. The summed E-state index contributed by atoms with van der Waals surface area (Å²) in [5, 5.41) is 3.54. The summed E-state index contributed by atoms with van der Waals surface area (Å²) in [5.74, 6) is 0.762. The fraction of sp³-hybridized carbons (Fsp3) is 0.625. The van der Waals surface area contributed by atoms with Gasteiger partial charge in [0.25, 0.3) is 0 Å². The van der Waals surface area contributed by atoms with Crippen LogP contribution in [-0.2, 0) is 5.41 Å². The predicted molar refractivity (Wildman–Crippen MR) is 74.5 cm³/mol. The molecular weight excluding hydrogens is 206 g/mol. The number of nitrogens with one attached hydrogen (secondary N) is 1. The van der Waals surface area contributed by atoms with Crippen molar-refractivity contribution in [3.8, 4) is 0 Å². The average Bonchev–Trinajstić information content (AvgIpc) is 2.29. The third-order valence-electron chi connectivity index (χ3n) is 4.39. The van der Waals surface area contributed by atoms with Crippen molar-refractivity contribution in [2.24, 2.45) is 5.92 Å². The van der Waals surface area contributed by atoms with Crippen molar-refractivity contribution in [3.63, 3.8) is 0 Å². The summed E-state index contributed by atoms with van der Waals surface area (Å²) >= 11 is 0. The summed E-state index contributed by atoms with van der Waals surface area (Å²) in [6.07, 6.45) is 2.67. The van der Waals surface area contributed by atoms with Crippen LogP contribution in [0.3, 0.4) is 0 Å². The lowest BCUT2D eigenvalue weighted by Gasteiger charge is -2.38. The minimum atomic E-state index is 0.283. The van der Waals surface area contributed by atoms with E-state index in [-0.39, 0.29) is 5.41 Å². The molecule has 0 aromatic heterocycles. The van der Waals surface area contributed by atoms with E-state index in [1.807, 2.05) is 0 Å². The van der Waals surface area contributed by atoms with Crippen molar-refractivity contribution in [1.82, 2.24) is 5.32 Å². The van der Waals surface area contributed by atoms with Crippen LogP contribution in [0.4, 0.5) is 0 Å². The summed E-state index contributed by atoms with van der Waals surface area (Å²) in [6.45, 7) is 11.6. The van der Waals surface area contributed by atoms with E-state index in [1.54, 1.807) is 0 Å². The molecule has 94 valence electrons. The first-order valence-corrected chi connectivity index (χ1v) is 6.80. The molecule has 1 N–H and O–H groups in total. The van der Waals surface area contributed by atoms with E-state index >= 15 is 0 Å². The zero-order valence-electron chi connectivity index (χ0n) is 11.6. The smallest absolute Gasteiger partial charge is 0.00122 e. The molecule has 0 saturated carbocycles. The molecule has 0 bridgehead atoms. The average molecular weight is 231 g/mol. The number of hydrogen-bond acceptors (Lipinski definition) is 1. The predicted octanol–water partition coefficient (Wildman–Crippen LogP) is 3.58. The Kier molecular flexibility index (Phi) is 3.58. The standard InChI is InChI=1S/C16H25N/c1-12-7-8-15(13(2)10-12)16(3,4)14-6-5-9-17-11-14/h7-8,10,14,17H,5-6,9,11H2,1-4H3. The van der Waals surface area contributed by atoms with Gasteiger partial charge >= 0.3 is 0 Å². The third kappa shape index (κ3) is 2.55. The van der Waals surface area contributed by atoms with E-state index in [9.17, 15) is 0 Å². The Morgan fingerprint density at radius 3 is 2.59 bits per heavy atom. The van der Waals surface area contributed by atoms with Gasteiger partial charge in [-0.2, -0.15) is 0 Å². The van der Waals surface area contributed by atoms with Crippen molar-refractivity contribution < 1.29 is 0 Å². The normalized spacial score (nSPS) is 21.5. The van der Waals surface area contributed by atoms with Gasteiger partial charge in [-0.15, -0.1) is 0 Å². The minimum absolute atomic E-state index is 0.283. The summed E-state index contributed by atoms with van der Waals surface area (Å²) in [6, 6.07) is 6.90. The first kappa shape index (κ1) is 12.6. The van der Waals surface area contributed by atoms with E-state index in [2.05, 4.69) is 51.2 Å². The molecule has 1 heterocycles. The zero-order chi connectivity index (χ0) is 12.5. The second-order valence-corrected chi connectivity index (χ2v) is 6.08. The number of piperidine rings is 1. The van der Waals surface area contributed by atoms with Gasteiger partial charge in [-0.25, -0.2) is 0 Å². The molecule has 1 heteroatoms. The number of rotatable bonds is 2. The molecule has 0 spiro atoms. The van der Waals surface area contributed by atoms with Crippen LogP contribution in [0.2, 0.25) is 0 Å². The van der Waals surface area contributed by atoms with E-state index < -0.39 is 0 Å². The van der Waals surface area contributed by atoms with Crippen LogP contribution in [0.1, 0.15) is 43.4 Å². The molecule has 1 aliphatic heterocycles. The van der Waals surface area contributed by atoms with Gasteiger partial charge in [0.15, 0.2) is 0 Å². The fourth-order valence-corrected chi connectivity index (χ4v) is 3.22. The number of benzene rings is 1. The molecule has 1 fully saturated rings. The highest BCUT2D eigenvalue weighted by Crippen LogP contribution is 2.37. The van der Waals surface area contributed by atoms with Gasteiger partial charge in [-0.3, -0.25) is 0 Å². The summed E-state index contributed by atoms with van der Waals surface area (Å²) in [4.78, 5) is 0. The fourth-order valence-electron chi connectivity index (χ4n) is 3.22. The van der Waals surface area contributed by atoms with E-state index in [0.29, 0.717) is 0 Å². The first-order chi connectivity index (χ1) is 8.01. The highest BCUT2D eigenvalue weighted by Gasteiger charge is 2.32. The second kappa shape index (κ2) is 4.81. The molecule has 17 heavy (non-hydrogen) atoms. The van der Waals surface area contributed by atoms with Gasteiger partial charge in [-0.1, -0.05) is 37.6 Å². The van der Waals surface area contributed by atoms with Crippen molar-refractivity contribution in [2.45, 2.75) is 46.0 Å². The Bertz CT molecular complexity index is 387. The summed E-state index contributed by atoms with van der Waals surface area (Å²) in [7, 11) is 0. The molecule has 0 aliphatic carbocycles. The third-order valence-corrected chi connectivity index (χ3v) is 4.39. The lowest BCUT2D eigenvalue weighted by Crippen LogP contribution is -2.41. The summed E-state index contributed by atoms with van der Waals surface area (Å²) in [5.41, 5.74) is 4.62. The van der Waals surface area contributed by atoms with Gasteiger partial charge in [0.05, 0.1) is 0 Å². The molecule has 0 amide bonds. The molecule has 2 rings (SSSR count). The zero-order valence-corrected chi connectivity index (χ0v) is 11.6. The maximum atomic E-state index is 3.54. The monoisotopic (exact) mass is 231 g/mol. The SMILES string of the molecule is Cc1ccc(C(C)(C)C2CCCNC2)c(C)c1. The molecule has 1 aliphatic rings. The van der Waals surface area contributed by atoms with Crippen molar-refractivity contribution in [1.29, 1.82) is 0 Å². The Balaban J connectivity index is 2.29. The van der Waals surface area contributed by atoms with Crippen LogP contribution in [0.5, 0.6) is 0 Å². The number of aryl methyl sites for hydroxylation is 2. The molecule has 1 saturated heterocycles. The van der Waals surface area contributed by atoms with Crippen molar-refractivity contribution in [2.75, 3.05) is 13.1 Å². The minimum Gasteiger partial charge on any atom is -0.316 e. The summed E-state index contributed by atoms with van der Waals surface area (Å²) < 4.78 is 0. The van der Waals surface area contributed by atoms with Crippen LogP contribution in [-0.4, -0.2) is 13.1 Å². The molecular formula is C16H25N. The van der Waals surface area contributed by atoms with E-state index in [1.165, 1.54) is 42.6 Å². The Morgan fingerprint density at radius 1 is 1.24 bits per heavy atom. The molecule has 1 atom stereocenters. The van der Waals surface area contributed by atoms with Crippen LogP contribution in [0.25, 0.3) is 0 Å². The highest BCUT2D eigenvalue weighted by atomic mass is 14.9. The second-order valence-electron chi connectivity index (χ2n) is 6.08. The largest absolute Gasteiger partial charge is 0.316 e. The van der Waals surface area contributed by atoms with Gasteiger partial charge in [0.1, 0.15) is 0 Å². The van der Waals surface area contributed by atoms with Gasteiger partial charge in [0, 0.05) is 0 Å². The molecule has 0 radical (unpaired) electrons. The highest BCUT2D eigenvalue weighted by molar-refractivity contribution is 5.36. The van der Waals surface area contributed by atoms with Gasteiger partial charge in [0.2, 0.25) is 0 Å². The van der Waals surface area contributed by atoms with Crippen LogP contribution in [0, 0.1) is 19.8 Å². The van der Waals surface area contributed by atoms with Crippen LogP contribution in [0.15, 0.2) is 18.2 Å². The molecule has 1 nitrogen and oxygen atoms in total. The number of hydrogen-bond donors (Lipinski definition) is 1. The van der Waals surface area contributed by atoms with Gasteiger partial charge in [-0.05, 0) is 62.2 Å². The molecule has 1 unspecified atom stereocenters. The molecule has 1 aromatic rings. The quantitative estimate of drug-likeness (QED) is 0.820. The van der Waals surface area contributed by atoms with Crippen molar-refractivity contribution in [3.05, 3.63) is 34.9 Å². The van der Waals surface area contributed by atoms with E-state index in [0.717, 1.165) is 5.92 Å². The molecule has 1 aromatic carbocycles. The van der Waals surface area contributed by atoms with E-state index in [4.69, 9.17) is 0 Å².